The number of ether oxygens (including phenoxy) is 3. The molecule has 1 N–H and O–H groups in total. The molecule has 0 saturated heterocycles. The zero-order valence-corrected chi connectivity index (χ0v) is 15.7. The number of carbonyl (C=O) groups excluding carboxylic acids is 1. The van der Waals surface area contributed by atoms with E-state index in [1.165, 1.54) is 43.9 Å². The van der Waals surface area contributed by atoms with Gasteiger partial charge in [0.2, 0.25) is 5.13 Å². The first-order valence-corrected chi connectivity index (χ1v) is 8.66. The summed E-state index contributed by atoms with van der Waals surface area (Å²) in [5, 5.41) is 17.4. The third kappa shape index (κ3) is 5.38. The van der Waals surface area contributed by atoms with Crippen molar-refractivity contribution in [2.45, 2.75) is 13.3 Å². The van der Waals surface area contributed by atoms with Gasteiger partial charge in [-0.25, -0.2) is 4.98 Å². The lowest BCUT2D eigenvalue weighted by Gasteiger charge is -2.08. The minimum absolute atomic E-state index is 0.0664. The molecule has 0 atom stereocenters. The number of carbonyl (C=O) groups is 1. The van der Waals surface area contributed by atoms with Gasteiger partial charge in [0, 0.05) is 5.38 Å². The molecule has 2 aromatic rings. The average Bonchev–Trinajstić information content (AvgIpc) is 3.08. The summed E-state index contributed by atoms with van der Waals surface area (Å²) in [6.07, 6.45) is 1.35. The van der Waals surface area contributed by atoms with Crippen molar-refractivity contribution in [3.05, 3.63) is 38.9 Å². The maximum absolute atomic E-state index is 11.4. The van der Waals surface area contributed by atoms with Crippen LogP contribution in [0.25, 0.3) is 0 Å². The summed E-state index contributed by atoms with van der Waals surface area (Å²) in [7, 11) is 2.83. The van der Waals surface area contributed by atoms with Gasteiger partial charge in [0.1, 0.15) is 0 Å². The minimum Gasteiger partial charge on any atom is -0.493 e. The van der Waals surface area contributed by atoms with E-state index in [1.807, 2.05) is 0 Å². The standard InChI is InChI=1S/C16H18N4O6S/c1-4-26-15(21)6-11-9-27-16(18-11)19-17-8-10-5-13(24-2)14(25-3)7-12(10)20(22)23/h5,7-9H,4,6H2,1-3H3,(H,18,19). The number of aromatic nitrogens is 1. The van der Waals surface area contributed by atoms with Crippen LogP contribution in [0.4, 0.5) is 10.8 Å². The van der Waals surface area contributed by atoms with Gasteiger partial charge in [0.15, 0.2) is 11.5 Å². The van der Waals surface area contributed by atoms with Crippen LogP contribution in [0.1, 0.15) is 18.2 Å². The summed E-state index contributed by atoms with van der Waals surface area (Å²) < 4.78 is 15.1. The number of nitrogens with one attached hydrogen (secondary N) is 1. The number of hydrogen-bond donors (Lipinski definition) is 1. The van der Waals surface area contributed by atoms with Gasteiger partial charge in [-0.3, -0.25) is 20.3 Å². The Labute approximate surface area is 158 Å². The van der Waals surface area contributed by atoms with E-state index in [2.05, 4.69) is 15.5 Å². The maximum atomic E-state index is 11.4. The highest BCUT2D eigenvalue weighted by molar-refractivity contribution is 7.13. The smallest absolute Gasteiger partial charge is 0.311 e. The van der Waals surface area contributed by atoms with Crippen LogP contribution >= 0.6 is 11.3 Å². The molecule has 10 nitrogen and oxygen atoms in total. The fourth-order valence-corrected chi connectivity index (χ4v) is 2.76. The van der Waals surface area contributed by atoms with Crippen molar-refractivity contribution in [2.75, 3.05) is 26.3 Å². The Morgan fingerprint density at radius 3 is 2.70 bits per heavy atom. The van der Waals surface area contributed by atoms with Gasteiger partial charge in [-0.2, -0.15) is 5.10 Å². The summed E-state index contributed by atoms with van der Waals surface area (Å²) in [6.45, 7) is 2.04. The van der Waals surface area contributed by atoms with Crippen LogP contribution < -0.4 is 14.9 Å². The highest BCUT2D eigenvalue weighted by Gasteiger charge is 2.18. The second-order valence-corrected chi connectivity index (χ2v) is 5.88. The van der Waals surface area contributed by atoms with Crippen molar-refractivity contribution < 1.29 is 23.9 Å². The number of benzene rings is 1. The van der Waals surface area contributed by atoms with Gasteiger partial charge in [-0.1, -0.05) is 0 Å². The van der Waals surface area contributed by atoms with Gasteiger partial charge < -0.3 is 14.2 Å². The topological polar surface area (TPSA) is 125 Å². The van der Waals surface area contributed by atoms with Crippen molar-refractivity contribution in [3.63, 3.8) is 0 Å². The van der Waals surface area contributed by atoms with Crippen molar-refractivity contribution >= 4 is 34.3 Å². The molecule has 0 aliphatic carbocycles. The Morgan fingerprint density at radius 1 is 1.37 bits per heavy atom. The third-order valence-electron chi connectivity index (χ3n) is 3.28. The number of rotatable bonds is 9. The zero-order valence-electron chi connectivity index (χ0n) is 14.9. The summed E-state index contributed by atoms with van der Waals surface area (Å²) in [4.78, 5) is 26.4. The van der Waals surface area contributed by atoms with Gasteiger partial charge in [0.05, 0.1) is 55.7 Å². The number of methoxy groups -OCH3 is 2. The molecule has 144 valence electrons. The Morgan fingerprint density at radius 2 is 2.07 bits per heavy atom. The lowest BCUT2D eigenvalue weighted by atomic mass is 10.1. The van der Waals surface area contributed by atoms with E-state index in [4.69, 9.17) is 14.2 Å². The fraction of sp³-hybridized carbons (Fsp3) is 0.312. The number of esters is 1. The van der Waals surface area contributed by atoms with Gasteiger partial charge in [0.25, 0.3) is 5.69 Å². The Bertz CT molecular complexity index is 851. The second kappa shape index (κ2) is 9.48. The quantitative estimate of drug-likeness (QED) is 0.298. The van der Waals surface area contributed by atoms with E-state index in [1.54, 1.807) is 12.3 Å². The minimum atomic E-state index is -0.538. The zero-order chi connectivity index (χ0) is 19.8. The molecule has 2 rings (SSSR count). The van der Waals surface area contributed by atoms with Crippen LogP contribution in [0, 0.1) is 10.1 Å². The average molecular weight is 394 g/mol. The first-order valence-electron chi connectivity index (χ1n) is 7.78. The molecule has 1 aromatic heterocycles. The summed E-state index contributed by atoms with van der Waals surface area (Å²) in [6, 6.07) is 2.72. The van der Waals surface area contributed by atoms with Gasteiger partial charge in [-0.15, -0.1) is 11.3 Å². The Balaban J connectivity index is 2.13. The molecule has 0 unspecified atom stereocenters. The number of nitro groups is 1. The highest BCUT2D eigenvalue weighted by atomic mass is 32.1. The van der Waals surface area contributed by atoms with Crippen LogP contribution in [0.3, 0.4) is 0 Å². The number of anilines is 1. The molecule has 1 aromatic carbocycles. The molecular formula is C16H18N4O6S. The first-order chi connectivity index (χ1) is 13.0. The van der Waals surface area contributed by atoms with Crippen LogP contribution in [-0.2, 0) is 16.0 Å². The van der Waals surface area contributed by atoms with E-state index in [0.29, 0.717) is 23.2 Å². The molecule has 0 aliphatic rings. The van der Waals surface area contributed by atoms with Crippen LogP contribution in [0.2, 0.25) is 0 Å². The fourth-order valence-electron chi connectivity index (χ4n) is 2.10. The molecule has 1 heterocycles. The van der Waals surface area contributed by atoms with E-state index in [0.717, 1.165) is 0 Å². The molecular weight excluding hydrogens is 376 g/mol. The van der Waals surface area contributed by atoms with Crippen LogP contribution in [0.15, 0.2) is 22.6 Å². The predicted molar refractivity (Wildman–Crippen MR) is 99.9 cm³/mol. The molecule has 0 spiro atoms. The second-order valence-electron chi connectivity index (χ2n) is 5.02. The maximum Gasteiger partial charge on any atom is 0.311 e. The largest absolute Gasteiger partial charge is 0.493 e. The highest BCUT2D eigenvalue weighted by Crippen LogP contribution is 2.33. The van der Waals surface area contributed by atoms with Gasteiger partial charge in [-0.05, 0) is 13.0 Å². The number of thiazole rings is 1. The SMILES string of the molecule is CCOC(=O)Cc1csc(NN=Cc2cc(OC)c(OC)cc2[N+](=O)[O-])n1. The third-order valence-corrected chi connectivity index (χ3v) is 4.07. The first kappa shape index (κ1) is 20.1. The molecule has 0 amide bonds. The molecule has 0 radical (unpaired) electrons. The molecule has 11 heteroatoms. The normalized spacial score (nSPS) is 10.6. The lowest BCUT2D eigenvalue weighted by molar-refractivity contribution is -0.385. The number of hydrazone groups is 1. The molecule has 0 saturated carbocycles. The van der Waals surface area contributed by atoms with Crippen LogP contribution in [0.5, 0.6) is 11.5 Å². The van der Waals surface area contributed by atoms with E-state index >= 15 is 0 Å². The Kier molecular flexibility index (Phi) is 7.06. The number of nitro benzene ring substituents is 1. The van der Waals surface area contributed by atoms with Crippen LogP contribution in [-0.4, -0.2) is 42.9 Å². The van der Waals surface area contributed by atoms with Crippen molar-refractivity contribution in [1.29, 1.82) is 0 Å². The Hall–Kier alpha value is -3.21. The summed E-state index contributed by atoms with van der Waals surface area (Å²) in [5.41, 5.74) is 3.28. The van der Waals surface area contributed by atoms with Crippen molar-refractivity contribution in [1.82, 2.24) is 4.98 Å². The molecule has 0 bridgehead atoms. The summed E-state index contributed by atoms with van der Waals surface area (Å²) >= 11 is 1.25. The monoisotopic (exact) mass is 394 g/mol. The van der Waals surface area contributed by atoms with Crippen molar-refractivity contribution in [3.8, 4) is 11.5 Å². The molecule has 0 fully saturated rings. The van der Waals surface area contributed by atoms with E-state index < -0.39 is 4.92 Å². The predicted octanol–water partition coefficient (Wildman–Crippen LogP) is 2.62. The number of nitrogens with zero attached hydrogens (tertiary/aromatic N) is 3. The lowest BCUT2D eigenvalue weighted by Crippen LogP contribution is -2.07. The number of hydrogen-bond acceptors (Lipinski definition) is 10. The summed E-state index contributed by atoms with van der Waals surface area (Å²) in [5.74, 6) is 0.229. The molecule has 27 heavy (non-hydrogen) atoms. The van der Waals surface area contributed by atoms with E-state index in [-0.39, 0.29) is 29.4 Å². The van der Waals surface area contributed by atoms with Gasteiger partial charge >= 0.3 is 5.97 Å². The van der Waals surface area contributed by atoms with Crippen molar-refractivity contribution in [2.24, 2.45) is 5.10 Å². The van der Waals surface area contributed by atoms with E-state index in [9.17, 15) is 14.9 Å². The molecule has 0 aliphatic heterocycles.